The van der Waals surface area contributed by atoms with Crippen molar-refractivity contribution < 1.29 is 4.42 Å². The van der Waals surface area contributed by atoms with Crippen molar-refractivity contribution in [3.63, 3.8) is 0 Å². The normalized spacial score (nSPS) is 10.8. The van der Waals surface area contributed by atoms with Crippen molar-refractivity contribution in [1.82, 2.24) is 20.2 Å². The molecule has 0 amide bonds. The molecule has 0 saturated heterocycles. The van der Waals surface area contributed by atoms with E-state index in [0.717, 1.165) is 22.0 Å². The number of furan rings is 1. The molecule has 4 rings (SSSR count). The van der Waals surface area contributed by atoms with Crippen LogP contribution in [0.3, 0.4) is 0 Å². The molecule has 0 spiro atoms. The third-order valence-corrected chi connectivity index (χ3v) is 4.49. The van der Waals surface area contributed by atoms with Gasteiger partial charge in [-0.25, -0.2) is 9.97 Å². The number of nitrogens with zero attached hydrogens (tertiary/aromatic N) is 4. The third kappa shape index (κ3) is 3.56. The van der Waals surface area contributed by atoms with E-state index >= 15 is 0 Å². The lowest BCUT2D eigenvalue weighted by Gasteiger charge is -2.03. The van der Waals surface area contributed by atoms with Crippen molar-refractivity contribution in [3.8, 4) is 22.0 Å². The van der Waals surface area contributed by atoms with Crippen LogP contribution in [-0.4, -0.2) is 20.2 Å². The van der Waals surface area contributed by atoms with E-state index in [1.165, 1.54) is 0 Å². The molecule has 3 heterocycles. The fourth-order valence-electron chi connectivity index (χ4n) is 2.34. The van der Waals surface area contributed by atoms with E-state index < -0.39 is 0 Å². The quantitative estimate of drug-likeness (QED) is 0.582. The summed E-state index contributed by atoms with van der Waals surface area (Å²) in [4.78, 5) is 9.07. The molecule has 1 N–H and O–H groups in total. The molecule has 0 aliphatic heterocycles. The van der Waals surface area contributed by atoms with E-state index in [2.05, 4.69) is 37.6 Å². The maximum absolute atomic E-state index is 5.57. The van der Waals surface area contributed by atoms with Crippen molar-refractivity contribution >= 4 is 17.3 Å². The number of rotatable bonds is 5. The molecule has 6 nitrogen and oxygen atoms in total. The van der Waals surface area contributed by atoms with Crippen LogP contribution in [-0.2, 0) is 6.54 Å². The van der Waals surface area contributed by atoms with Crippen LogP contribution in [0.15, 0.2) is 58.5 Å². The van der Waals surface area contributed by atoms with Gasteiger partial charge in [-0.1, -0.05) is 30.3 Å². The van der Waals surface area contributed by atoms with E-state index in [0.29, 0.717) is 23.9 Å². The second-order valence-corrected chi connectivity index (χ2v) is 6.30. The number of aromatic nitrogens is 4. The molecule has 124 valence electrons. The Morgan fingerprint density at radius 3 is 2.76 bits per heavy atom. The molecule has 7 heteroatoms. The first kappa shape index (κ1) is 15.5. The average Bonchev–Trinajstić information content (AvgIpc) is 3.30. The molecular weight excluding hydrogens is 334 g/mol. The van der Waals surface area contributed by atoms with Gasteiger partial charge in [0.05, 0.1) is 18.4 Å². The van der Waals surface area contributed by atoms with Gasteiger partial charge in [-0.05, 0) is 19.1 Å². The lowest BCUT2D eigenvalue weighted by Crippen LogP contribution is -2.05. The number of hydrogen-bond donors (Lipinski definition) is 1. The number of nitrogens with one attached hydrogen (secondary N) is 1. The van der Waals surface area contributed by atoms with E-state index in [1.54, 1.807) is 17.5 Å². The van der Waals surface area contributed by atoms with Crippen molar-refractivity contribution in [1.29, 1.82) is 0 Å². The van der Waals surface area contributed by atoms with Crippen LogP contribution < -0.4 is 5.32 Å². The van der Waals surface area contributed by atoms with Crippen LogP contribution >= 0.6 is 11.3 Å². The van der Waals surface area contributed by atoms with Gasteiger partial charge in [0.2, 0.25) is 5.95 Å². The first-order valence-corrected chi connectivity index (χ1v) is 8.66. The van der Waals surface area contributed by atoms with Gasteiger partial charge in [0.25, 0.3) is 0 Å². The van der Waals surface area contributed by atoms with Gasteiger partial charge in [0, 0.05) is 10.9 Å². The Hall–Kier alpha value is -3.06. The molecule has 0 atom stereocenters. The minimum Gasteiger partial charge on any atom is -0.460 e. The molecule has 0 aliphatic carbocycles. The largest absolute Gasteiger partial charge is 0.460 e. The first-order chi connectivity index (χ1) is 12.3. The number of aryl methyl sites for hydroxylation is 1. The van der Waals surface area contributed by atoms with E-state index in [4.69, 9.17) is 4.42 Å². The summed E-state index contributed by atoms with van der Waals surface area (Å²) in [6.07, 6.45) is 1.58. The van der Waals surface area contributed by atoms with Gasteiger partial charge in [-0.2, -0.15) is 5.10 Å². The summed E-state index contributed by atoms with van der Waals surface area (Å²) in [5, 5.41) is 14.2. The van der Waals surface area contributed by atoms with E-state index in [1.807, 2.05) is 42.6 Å². The number of anilines is 1. The van der Waals surface area contributed by atoms with Crippen LogP contribution in [0, 0.1) is 6.92 Å². The van der Waals surface area contributed by atoms with Gasteiger partial charge in [0.1, 0.15) is 16.5 Å². The summed E-state index contributed by atoms with van der Waals surface area (Å²) in [6.45, 7) is 2.43. The van der Waals surface area contributed by atoms with Crippen molar-refractivity contribution in [2.24, 2.45) is 0 Å². The van der Waals surface area contributed by atoms with Crippen LogP contribution in [0.5, 0.6) is 0 Å². The molecule has 0 bridgehead atoms. The average molecular weight is 349 g/mol. The van der Waals surface area contributed by atoms with Gasteiger partial charge in [-0.15, -0.1) is 16.4 Å². The smallest absolute Gasteiger partial charge is 0.243 e. The van der Waals surface area contributed by atoms with E-state index in [9.17, 15) is 0 Å². The lowest BCUT2D eigenvalue weighted by atomic mass is 10.2. The summed E-state index contributed by atoms with van der Waals surface area (Å²) in [7, 11) is 0. The zero-order valence-corrected chi connectivity index (χ0v) is 14.3. The second-order valence-electron chi connectivity index (χ2n) is 5.44. The Labute approximate surface area is 148 Å². The lowest BCUT2D eigenvalue weighted by molar-refractivity contribution is 0.545. The monoisotopic (exact) mass is 349 g/mol. The third-order valence-electron chi connectivity index (χ3n) is 3.55. The first-order valence-electron chi connectivity index (χ1n) is 7.78. The molecule has 3 aromatic heterocycles. The van der Waals surface area contributed by atoms with Gasteiger partial charge in [0.15, 0.2) is 5.76 Å². The molecular formula is C18H15N5OS. The van der Waals surface area contributed by atoms with Gasteiger partial charge >= 0.3 is 0 Å². The number of benzene rings is 1. The molecule has 0 aliphatic rings. The Kier molecular flexibility index (Phi) is 4.22. The fourth-order valence-corrected chi connectivity index (χ4v) is 3.17. The van der Waals surface area contributed by atoms with E-state index in [-0.39, 0.29) is 0 Å². The zero-order valence-electron chi connectivity index (χ0n) is 13.5. The maximum atomic E-state index is 5.57. The summed E-state index contributed by atoms with van der Waals surface area (Å²) in [5.74, 6) is 1.95. The predicted molar refractivity (Wildman–Crippen MR) is 97.1 cm³/mol. The highest BCUT2D eigenvalue weighted by atomic mass is 32.1. The summed E-state index contributed by atoms with van der Waals surface area (Å²) >= 11 is 1.62. The Morgan fingerprint density at radius 2 is 1.96 bits per heavy atom. The fraction of sp³-hybridized carbons (Fsp3) is 0.111. The summed E-state index contributed by atoms with van der Waals surface area (Å²) < 4.78 is 5.57. The van der Waals surface area contributed by atoms with Crippen LogP contribution in [0.4, 0.5) is 5.95 Å². The predicted octanol–water partition coefficient (Wildman–Crippen LogP) is 4.18. The Morgan fingerprint density at radius 1 is 1.08 bits per heavy atom. The highest BCUT2D eigenvalue weighted by molar-refractivity contribution is 7.13. The highest BCUT2D eigenvalue weighted by Gasteiger charge is 2.08. The Balaban J connectivity index is 1.46. The maximum Gasteiger partial charge on any atom is 0.243 e. The summed E-state index contributed by atoms with van der Waals surface area (Å²) in [6, 6.07) is 13.9. The molecule has 1 aromatic carbocycles. The molecule has 4 aromatic rings. The minimum absolute atomic E-state index is 0.445. The second kappa shape index (κ2) is 6.82. The van der Waals surface area contributed by atoms with Gasteiger partial charge < -0.3 is 9.73 Å². The highest BCUT2D eigenvalue weighted by Crippen LogP contribution is 2.24. The van der Waals surface area contributed by atoms with Crippen LogP contribution in [0.1, 0.15) is 11.5 Å². The SMILES string of the molecule is Cc1ccc(-c2cnnc(NCc3csc(-c4ccccc4)n3)n2)o1. The van der Waals surface area contributed by atoms with Crippen molar-refractivity contribution in [2.75, 3.05) is 5.32 Å². The summed E-state index contributed by atoms with van der Waals surface area (Å²) in [5.41, 5.74) is 2.70. The van der Waals surface area contributed by atoms with Crippen LogP contribution in [0.2, 0.25) is 0 Å². The van der Waals surface area contributed by atoms with Gasteiger partial charge in [-0.3, -0.25) is 0 Å². The molecule has 0 radical (unpaired) electrons. The molecule has 0 saturated carbocycles. The van der Waals surface area contributed by atoms with Crippen molar-refractivity contribution in [3.05, 3.63) is 65.5 Å². The number of hydrogen-bond acceptors (Lipinski definition) is 7. The molecule has 0 fully saturated rings. The molecule has 25 heavy (non-hydrogen) atoms. The minimum atomic E-state index is 0.445. The van der Waals surface area contributed by atoms with Crippen molar-refractivity contribution in [2.45, 2.75) is 13.5 Å². The Bertz CT molecular complexity index is 980. The molecule has 0 unspecified atom stereocenters. The zero-order chi connectivity index (χ0) is 17.1. The van der Waals surface area contributed by atoms with Crippen LogP contribution in [0.25, 0.3) is 22.0 Å². The standard InChI is InChI=1S/C18H15N5OS/c1-12-7-8-16(24-12)15-10-20-23-18(22-15)19-9-14-11-25-17(21-14)13-5-3-2-4-6-13/h2-8,10-11H,9H2,1H3,(H,19,22,23). The number of thiazole rings is 1. The topological polar surface area (TPSA) is 76.7 Å².